The van der Waals surface area contributed by atoms with Crippen LogP contribution in [-0.2, 0) is 19.1 Å². The molecular weight excluding hydrogens is 415 g/mol. The van der Waals surface area contributed by atoms with Gasteiger partial charge in [0, 0.05) is 10.0 Å². The van der Waals surface area contributed by atoms with Crippen LogP contribution in [0.4, 0.5) is 0 Å². The van der Waals surface area contributed by atoms with Gasteiger partial charge in [-0.25, -0.2) is 19.2 Å². The van der Waals surface area contributed by atoms with Gasteiger partial charge in [0.05, 0.1) is 11.1 Å². The average Bonchev–Trinajstić information content (AvgIpc) is 2.67. The number of carbonyl (C=O) groups is 4. The molecule has 0 bridgehead atoms. The maximum Gasteiger partial charge on any atom is 0.346 e. The molecule has 2 aromatic carbocycles. The average molecular weight is 427 g/mol. The molecule has 0 amide bonds. The highest BCUT2D eigenvalue weighted by atomic mass is 35.5. The van der Waals surface area contributed by atoms with Gasteiger partial charge in [0.1, 0.15) is 0 Å². The third-order valence-electron chi connectivity index (χ3n) is 3.33. The molecule has 0 aromatic heterocycles. The Hall–Kier alpha value is -2.78. The first-order chi connectivity index (χ1) is 13.2. The number of hydrogen-bond acceptors (Lipinski definition) is 8. The Balaban J connectivity index is 1.95. The molecule has 2 aromatic rings. The smallest absolute Gasteiger partial charge is 0.346 e. The molecule has 0 radical (unpaired) electrons. The van der Waals surface area contributed by atoms with Gasteiger partial charge in [-0.1, -0.05) is 23.2 Å². The Morgan fingerprint density at radius 3 is 1.21 bits per heavy atom. The predicted octanol–water partition coefficient (Wildman–Crippen LogP) is 1.78. The van der Waals surface area contributed by atoms with Crippen molar-refractivity contribution in [2.45, 2.75) is 12.2 Å². The fourth-order valence-corrected chi connectivity index (χ4v) is 2.10. The highest BCUT2D eigenvalue weighted by Crippen LogP contribution is 2.13. The summed E-state index contributed by atoms with van der Waals surface area (Å²) in [5.74, 6) is -5.50. The van der Waals surface area contributed by atoms with Crippen molar-refractivity contribution in [3.05, 3.63) is 69.7 Å². The van der Waals surface area contributed by atoms with E-state index in [0.717, 1.165) is 0 Å². The van der Waals surface area contributed by atoms with Crippen molar-refractivity contribution in [2.24, 2.45) is 0 Å². The number of halogens is 2. The first-order valence-corrected chi connectivity index (χ1v) is 8.34. The van der Waals surface area contributed by atoms with Crippen molar-refractivity contribution in [3.8, 4) is 0 Å². The second-order valence-corrected chi connectivity index (χ2v) is 6.19. The van der Waals surface area contributed by atoms with Crippen molar-refractivity contribution < 1.29 is 38.9 Å². The second-order valence-electron chi connectivity index (χ2n) is 5.32. The summed E-state index contributed by atoms with van der Waals surface area (Å²) >= 11 is 11.3. The van der Waals surface area contributed by atoms with E-state index in [1.54, 1.807) is 0 Å². The monoisotopic (exact) mass is 426 g/mol. The highest BCUT2D eigenvalue weighted by Gasteiger charge is 2.35. The van der Waals surface area contributed by atoms with Gasteiger partial charge in [-0.3, -0.25) is 0 Å². The molecule has 2 atom stereocenters. The van der Waals surface area contributed by atoms with E-state index in [2.05, 4.69) is 9.47 Å². The number of carbonyl (C=O) groups excluding carboxylic acids is 4. The lowest BCUT2D eigenvalue weighted by Gasteiger charge is -2.14. The summed E-state index contributed by atoms with van der Waals surface area (Å²) in [6, 6.07) is 10.5. The molecule has 10 heteroatoms. The molecule has 8 nitrogen and oxygen atoms in total. The molecule has 0 aliphatic rings. The molecule has 0 aliphatic carbocycles. The minimum atomic E-state index is -2.46. The predicted molar refractivity (Wildman–Crippen MR) is 95.8 cm³/mol. The minimum absolute atomic E-state index is 0.0556. The number of aliphatic hydroxyl groups is 2. The van der Waals surface area contributed by atoms with E-state index < -0.39 is 36.1 Å². The molecule has 2 N–H and O–H groups in total. The Kier molecular flexibility index (Phi) is 7.24. The van der Waals surface area contributed by atoms with Crippen LogP contribution < -0.4 is 0 Å². The second kappa shape index (κ2) is 9.43. The van der Waals surface area contributed by atoms with Crippen molar-refractivity contribution >= 4 is 47.1 Å². The van der Waals surface area contributed by atoms with E-state index >= 15 is 0 Å². The van der Waals surface area contributed by atoms with Crippen LogP contribution in [0.2, 0.25) is 10.0 Å². The number of benzene rings is 2. The maximum absolute atomic E-state index is 11.8. The highest BCUT2D eigenvalue weighted by molar-refractivity contribution is 6.31. The van der Waals surface area contributed by atoms with Gasteiger partial charge < -0.3 is 19.7 Å². The quantitative estimate of drug-likeness (QED) is 0.546. The summed E-state index contributed by atoms with van der Waals surface area (Å²) in [5, 5.41) is 20.1. The largest absolute Gasteiger partial charge is 0.387 e. The van der Waals surface area contributed by atoms with E-state index in [1.165, 1.54) is 48.5 Å². The summed E-state index contributed by atoms with van der Waals surface area (Å²) < 4.78 is 8.75. The normalized spacial score (nSPS) is 12.6. The summed E-state index contributed by atoms with van der Waals surface area (Å²) in [6.07, 6.45) is -4.91. The molecule has 0 saturated carbocycles. The number of hydrogen-bond donors (Lipinski definition) is 2. The molecular formula is C18H12Cl2O8. The molecule has 0 aliphatic heterocycles. The maximum atomic E-state index is 11.8. The first-order valence-electron chi connectivity index (χ1n) is 7.58. The Bertz CT molecular complexity index is 817. The summed E-state index contributed by atoms with van der Waals surface area (Å²) in [4.78, 5) is 47.1. The van der Waals surface area contributed by atoms with Gasteiger partial charge in [0.2, 0.25) is 0 Å². The van der Waals surface area contributed by atoms with Crippen LogP contribution in [0.3, 0.4) is 0 Å². The Morgan fingerprint density at radius 2 is 0.929 bits per heavy atom. The number of esters is 4. The molecule has 0 saturated heterocycles. The third kappa shape index (κ3) is 5.61. The molecule has 0 fully saturated rings. The molecule has 2 unspecified atom stereocenters. The number of aliphatic hydroxyl groups excluding tert-OH is 2. The molecule has 0 heterocycles. The third-order valence-corrected chi connectivity index (χ3v) is 3.83. The van der Waals surface area contributed by atoms with E-state index in [9.17, 15) is 29.4 Å². The van der Waals surface area contributed by atoms with E-state index in [0.29, 0.717) is 10.0 Å². The van der Waals surface area contributed by atoms with Crippen LogP contribution in [-0.4, -0.2) is 46.3 Å². The first kappa shape index (κ1) is 21.5. The topological polar surface area (TPSA) is 127 Å². The minimum Gasteiger partial charge on any atom is -0.387 e. The molecule has 146 valence electrons. The van der Waals surface area contributed by atoms with Gasteiger partial charge in [0.15, 0.2) is 12.2 Å². The van der Waals surface area contributed by atoms with Crippen LogP contribution in [0.15, 0.2) is 48.5 Å². The lowest BCUT2D eigenvalue weighted by atomic mass is 10.2. The van der Waals surface area contributed by atoms with Crippen LogP contribution in [0.5, 0.6) is 0 Å². The summed E-state index contributed by atoms with van der Waals surface area (Å²) in [6.45, 7) is 0. The van der Waals surface area contributed by atoms with Crippen molar-refractivity contribution in [1.29, 1.82) is 0 Å². The number of rotatable bonds is 5. The van der Waals surface area contributed by atoms with Crippen molar-refractivity contribution in [3.63, 3.8) is 0 Å². The zero-order valence-electron chi connectivity index (χ0n) is 13.9. The van der Waals surface area contributed by atoms with Gasteiger partial charge in [-0.2, -0.15) is 0 Å². The van der Waals surface area contributed by atoms with Gasteiger partial charge in [0.25, 0.3) is 0 Å². The number of ether oxygens (including phenoxy) is 2. The summed E-state index contributed by atoms with van der Waals surface area (Å²) in [7, 11) is 0. The van der Waals surface area contributed by atoms with Crippen LogP contribution >= 0.6 is 23.2 Å². The zero-order chi connectivity index (χ0) is 20.8. The van der Waals surface area contributed by atoms with Gasteiger partial charge >= 0.3 is 23.9 Å². The fourth-order valence-electron chi connectivity index (χ4n) is 1.85. The van der Waals surface area contributed by atoms with Gasteiger partial charge in [-0.15, -0.1) is 0 Å². The van der Waals surface area contributed by atoms with Gasteiger partial charge in [-0.05, 0) is 48.5 Å². The van der Waals surface area contributed by atoms with E-state index in [1.807, 2.05) is 0 Å². The lowest BCUT2D eigenvalue weighted by molar-refractivity contribution is -0.166. The lowest BCUT2D eigenvalue weighted by Crippen LogP contribution is -2.43. The van der Waals surface area contributed by atoms with E-state index in [4.69, 9.17) is 23.2 Å². The van der Waals surface area contributed by atoms with Crippen LogP contribution in [0, 0.1) is 0 Å². The standard InChI is InChI=1S/C18H12Cl2O8/c19-11-5-1-9(2-6-11)15(23)27-17(25)13(21)14(22)18(26)28-16(24)10-3-7-12(20)8-4-10/h1-8,13-14,21-22H. The van der Waals surface area contributed by atoms with E-state index in [-0.39, 0.29) is 11.1 Å². The van der Waals surface area contributed by atoms with Crippen LogP contribution in [0.25, 0.3) is 0 Å². The Labute approximate surface area is 168 Å². The van der Waals surface area contributed by atoms with Crippen LogP contribution in [0.1, 0.15) is 20.7 Å². The SMILES string of the molecule is O=C(OC(=O)C(O)C(O)C(=O)OC(=O)c1ccc(Cl)cc1)c1ccc(Cl)cc1. The molecule has 28 heavy (non-hydrogen) atoms. The van der Waals surface area contributed by atoms with Crippen molar-refractivity contribution in [2.75, 3.05) is 0 Å². The molecule has 0 spiro atoms. The molecule has 2 rings (SSSR count). The zero-order valence-corrected chi connectivity index (χ0v) is 15.4. The fraction of sp³-hybridized carbons (Fsp3) is 0.111. The van der Waals surface area contributed by atoms with Crippen molar-refractivity contribution in [1.82, 2.24) is 0 Å². The summed E-state index contributed by atoms with van der Waals surface area (Å²) in [5.41, 5.74) is -0.111. The Morgan fingerprint density at radius 1 is 0.643 bits per heavy atom.